The highest BCUT2D eigenvalue weighted by Crippen LogP contribution is 2.24. The highest BCUT2D eigenvalue weighted by Gasteiger charge is 2.23. The van der Waals surface area contributed by atoms with Crippen LogP contribution < -0.4 is 10.6 Å². The number of hydrogen-bond donors (Lipinski definition) is 2. The highest BCUT2D eigenvalue weighted by atomic mass is 14.9. The van der Waals surface area contributed by atoms with Gasteiger partial charge >= 0.3 is 0 Å². The van der Waals surface area contributed by atoms with E-state index >= 15 is 0 Å². The van der Waals surface area contributed by atoms with Gasteiger partial charge in [0.1, 0.15) is 0 Å². The summed E-state index contributed by atoms with van der Waals surface area (Å²) in [6.07, 6.45) is 7.05. The minimum Gasteiger partial charge on any atom is -0.317 e. The molecule has 2 unspecified atom stereocenters. The van der Waals surface area contributed by atoms with Crippen LogP contribution in [0.5, 0.6) is 0 Å². The van der Waals surface area contributed by atoms with Crippen LogP contribution in [0.15, 0.2) is 0 Å². The Kier molecular flexibility index (Phi) is 3.82. The quantitative estimate of drug-likeness (QED) is 0.703. The first-order valence-corrected chi connectivity index (χ1v) is 6.28. The van der Waals surface area contributed by atoms with Crippen LogP contribution in [0.2, 0.25) is 0 Å². The molecule has 2 rings (SSSR count). The minimum atomic E-state index is 0.827. The molecule has 0 bridgehead atoms. The second-order valence-electron chi connectivity index (χ2n) is 5.23. The average Bonchev–Trinajstić information content (AvgIpc) is 2.43. The Hall–Kier alpha value is -0.0800. The molecule has 0 spiro atoms. The van der Waals surface area contributed by atoms with E-state index in [1.54, 1.807) is 0 Å². The van der Waals surface area contributed by atoms with Crippen LogP contribution >= 0.6 is 0 Å². The SMILES string of the molecule is C[C@@H]1CNC(CC2CCCNCC2)C1. The molecule has 2 heterocycles. The van der Waals surface area contributed by atoms with E-state index in [0.29, 0.717) is 0 Å². The predicted molar refractivity (Wildman–Crippen MR) is 60.4 cm³/mol. The molecule has 0 aliphatic carbocycles. The summed E-state index contributed by atoms with van der Waals surface area (Å²) in [7, 11) is 0. The molecule has 0 saturated carbocycles. The Bertz CT molecular complexity index is 162. The van der Waals surface area contributed by atoms with E-state index in [0.717, 1.165) is 17.9 Å². The molecule has 2 nitrogen and oxygen atoms in total. The van der Waals surface area contributed by atoms with Crippen LogP contribution in [0, 0.1) is 11.8 Å². The lowest BCUT2D eigenvalue weighted by Gasteiger charge is -2.18. The van der Waals surface area contributed by atoms with E-state index in [4.69, 9.17) is 0 Å². The molecule has 0 radical (unpaired) electrons. The van der Waals surface area contributed by atoms with Crippen LogP contribution in [0.25, 0.3) is 0 Å². The molecular formula is C12H24N2. The molecule has 2 saturated heterocycles. The zero-order valence-electron chi connectivity index (χ0n) is 9.39. The van der Waals surface area contributed by atoms with Crippen molar-refractivity contribution in [3.8, 4) is 0 Å². The molecule has 2 aliphatic heterocycles. The van der Waals surface area contributed by atoms with Crippen molar-refractivity contribution in [1.29, 1.82) is 0 Å². The van der Waals surface area contributed by atoms with Crippen molar-refractivity contribution in [2.24, 2.45) is 11.8 Å². The van der Waals surface area contributed by atoms with Gasteiger partial charge in [0.25, 0.3) is 0 Å². The Morgan fingerprint density at radius 1 is 1.21 bits per heavy atom. The van der Waals surface area contributed by atoms with Crippen LogP contribution in [0.4, 0.5) is 0 Å². The van der Waals surface area contributed by atoms with Gasteiger partial charge < -0.3 is 10.6 Å². The Labute approximate surface area is 87.8 Å². The highest BCUT2D eigenvalue weighted by molar-refractivity contribution is 4.82. The lowest BCUT2D eigenvalue weighted by molar-refractivity contribution is 0.376. The fourth-order valence-electron chi connectivity index (χ4n) is 2.93. The van der Waals surface area contributed by atoms with Gasteiger partial charge in [0.05, 0.1) is 0 Å². The van der Waals surface area contributed by atoms with Gasteiger partial charge in [-0.3, -0.25) is 0 Å². The molecule has 0 aromatic carbocycles. The third kappa shape index (κ3) is 2.96. The standard InChI is InChI=1S/C12H24N2/c1-10-7-12(14-9-10)8-11-3-2-5-13-6-4-11/h10-14H,2-9H2,1H3/t10-,11?,12?/m0/s1. The Balaban J connectivity index is 1.72. The third-order valence-electron chi connectivity index (χ3n) is 3.76. The molecule has 2 fully saturated rings. The van der Waals surface area contributed by atoms with Crippen LogP contribution in [-0.4, -0.2) is 25.7 Å². The minimum absolute atomic E-state index is 0.827. The van der Waals surface area contributed by atoms with E-state index in [1.807, 2.05) is 0 Å². The van der Waals surface area contributed by atoms with E-state index in [-0.39, 0.29) is 0 Å². The van der Waals surface area contributed by atoms with E-state index in [2.05, 4.69) is 17.6 Å². The first-order valence-electron chi connectivity index (χ1n) is 6.28. The molecular weight excluding hydrogens is 172 g/mol. The Morgan fingerprint density at radius 3 is 2.93 bits per heavy atom. The molecule has 0 amide bonds. The first-order chi connectivity index (χ1) is 6.84. The summed E-state index contributed by atoms with van der Waals surface area (Å²) in [5.74, 6) is 1.89. The summed E-state index contributed by atoms with van der Waals surface area (Å²) in [4.78, 5) is 0. The summed E-state index contributed by atoms with van der Waals surface area (Å²) < 4.78 is 0. The van der Waals surface area contributed by atoms with Gasteiger partial charge in [-0.05, 0) is 63.6 Å². The second kappa shape index (κ2) is 5.13. The molecule has 0 aromatic rings. The van der Waals surface area contributed by atoms with Crippen LogP contribution in [0.1, 0.15) is 39.0 Å². The van der Waals surface area contributed by atoms with Crippen LogP contribution in [-0.2, 0) is 0 Å². The number of rotatable bonds is 2. The van der Waals surface area contributed by atoms with Crippen molar-refractivity contribution in [3.05, 3.63) is 0 Å². The largest absolute Gasteiger partial charge is 0.317 e. The van der Waals surface area contributed by atoms with E-state index in [1.165, 1.54) is 51.7 Å². The summed E-state index contributed by atoms with van der Waals surface area (Å²) >= 11 is 0. The van der Waals surface area contributed by atoms with Crippen molar-refractivity contribution < 1.29 is 0 Å². The van der Waals surface area contributed by atoms with Gasteiger partial charge in [0.15, 0.2) is 0 Å². The summed E-state index contributed by atoms with van der Waals surface area (Å²) in [6.45, 7) is 6.09. The molecule has 3 atom stereocenters. The maximum Gasteiger partial charge on any atom is 0.00728 e. The van der Waals surface area contributed by atoms with Gasteiger partial charge in [-0.1, -0.05) is 6.92 Å². The molecule has 0 aromatic heterocycles. The van der Waals surface area contributed by atoms with E-state index in [9.17, 15) is 0 Å². The van der Waals surface area contributed by atoms with Gasteiger partial charge in [0.2, 0.25) is 0 Å². The normalized spacial score (nSPS) is 39.6. The number of nitrogens with one attached hydrogen (secondary N) is 2. The van der Waals surface area contributed by atoms with Crippen LogP contribution in [0.3, 0.4) is 0 Å². The van der Waals surface area contributed by atoms with Gasteiger partial charge in [0, 0.05) is 6.04 Å². The fraction of sp³-hybridized carbons (Fsp3) is 1.00. The molecule has 2 heteroatoms. The van der Waals surface area contributed by atoms with Crippen molar-refractivity contribution >= 4 is 0 Å². The zero-order chi connectivity index (χ0) is 9.80. The number of hydrogen-bond acceptors (Lipinski definition) is 2. The smallest absolute Gasteiger partial charge is 0.00728 e. The molecule has 2 N–H and O–H groups in total. The maximum absolute atomic E-state index is 3.65. The maximum atomic E-state index is 3.65. The first kappa shape index (κ1) is 10.4. The zero-order valence-corrected chi connectivity index (χ0v) is 9.39. The summed E-state index contributed by atoms with van der Waals surface area (Å²) in [5.41, 5.74) is 0. The van der Waals surface area contributed by atoms with Crippen molar-refractivity contribution in [3.63, 3.8) is 0 Å². The molecule has 14 heavy (non-hydrogen) atoms. The third-order valence-corrected chi connectivity index (χ3v) is 3.76. The topological polar surface area (TPSA) is 24.1 Å². The second-order valence-corrected chi connectivity index (χ2v) is 5.23. The monoisotopic (exact) mass is 196 g/mol. The van der Waals surface area contributed by atoms with Crippen molar-refractivity contribution in [2.75, 3.05) is 19.6 Å². The summed E-state index contributed by atoms with van der Waals surface area (Å²) in [5, 5.41) is 7.14. The lowest BCUT2D eigenvalue weighted by atomic mass is 9.91. The van der Waals surface area contributed by atoms with Gasteiger partial charge in [-0.25, -0.2) is 0 Å². The van der Waals surface area contributed by atoms with Gasteiger partial charge in [-0.2, -0.15) is 0 Å². The van der Waals surface area contributed by atoms with Gasteiger partial charge in [-0.15, -0.1) is 0 Å². The van der Waals surface area contributed by atoms with Crippen molar-refractivity contribution in [2.45, 2.75) is 45.1 Å². The average molecular weight is 196 g/mol. The predicted octanol–water partition coefficient (Wildman–Crippen LogP) is 1.76. The fourth-order valence-corrected chi connectivity index (χ4v) is 2.93. The molecule has 2 aliphatic rings. The lowest BCUT2D eigenvalue weighted by Crippen LogP contribution is -2.25. The van der Waals surface area contributed by atoms with Crippen molar-refractivity contribution in [1.82, 2.24) is 10.6 Å². The Morgan fingerprint density at radius 2 is 2.14 bits per heavy atom. The van der Waals surface area contributed by atoms with E-state index < -0.39 is 0 Å². The summed E-state index contributed by atoms with van der Waals surface area (Å²) in [6, 6.07) is 0.827. The molecule has 82 valence electrons.